The number of fused-ring (bicyclic) bond motifs is 1. The normalized spacial score (nSPS) is 39.0. The molecule has 0 aromatic rings. The minimum atomic E-state index is -0.308. The number of rotatable bonds is 3. The molecule has 2 aliphatic carbocycles. The molecule has 0 heterocycles. The van der Waals surface area contributed by atoms with Gasteiger partial charge in [-0.15, -0.1) is 0 Å². The molecule has 0 aromatic carbocycles. The Labute approximate surface area is 92.1 Å². The first-order chi connectivity index (χ1) is 7.23. The van der Waals surface area contributed by atoms with Crippen LogP contribution in [0, 0.1) is 11.8 Å². The first kappa shape index (κ1) is 11.4. The van der Waals surface area contributed by atoms with Crippen LogP contribution in [-0.4, -0.2) is 33.2 Å². The second kappa shape index (κ2) is 4.40. The van der Waals surface area contributed by atoms with Crippen molar-refractivity contribution in [3.63, 3.8) is 0 Å². The maximum Gasteiger partial charge on any atom is 0.168 e. The summed E-state index contributed by atoms with van der Waals surface area (Å²) in [5.74, 6) is 1.19. The van der Waals surface area contributed by atoms with Crippen LogP contribution in [0.4, 0.5) is 0 Å². The second-order valence-corrected chi connectivity index (χ2v) is 4.92. The summed E-state index contributed by atoms with van der Waals surface area (Å²) in [4.78, 5) is 0. The molecule has 0 aliphatic heterocycles. The molecule has 0 spiro atoms. The van der Waals surface area contributed by atoms with Crippen molar-refractivity contribution in [3.05, 3.63) is 0 Å². The standard InChI is InChI=1S/C12H22O3/c1-13-11-5-4-9-7-12(14-2,15-3)8-10(9)6-11/h9-11H,4-8H2,1-3H3. The van der Waals surface area contributed by atoms with E-state index >= 15 is 0 Å². The van der Waals surface area contributed by atoms with Gasteiger partial charge in [-0.2, -0.15) is 0 Å². The third-order valence-electron chi connectivity index (χ3n) is 4.32. The molecule has 0 amide bonds. The molecule has 3 heteroatoms. The molecule has 3 atom stereocenters. The summed E-state index contributed by atoms with van der Waals surface area (Å²) in [6.45, 7) is 0. The summed E-state index contributed by atoms with van der Waals surface area (Å²) >= 11 is 0. The van der Waals surface area contributed by atoms with Crippen LogP contribution < -0.4 is 0 Å². The van der Waals surface area contributed by atoms with Gasteiger partial charge < -0.3 is 14.2 Å². The molecule has 2 fully saturated rings. The van der Waals surface area contributed by atoms with Gasteiger partial charge in [-0.1, -0.05) is 0 Å². The molecule has 0 bridgehead atoms. The van der Waals surface area contributed by atoms with Crippen molar-refractivity contribution in [2.75, 3.05) is 21.3 Å². The predicted octanol–water partition coefficient (Wildman–Crippen LogP) is 2.20. The summed E-state index contributed by atoms with van der Waals surface area (Å²) in [5, 5.41) is 0. The van der Waals surface area contributed by atoms with Crippen molar-refractivity contribution in [1.82, 2.24) is 0 Å². The fraction of sp³-hybridized carbons (Fsp3) is 1.00. The zero-order valence-electron chi connectivity index (χ0n) is 9.99. The van der Waals surface area contributed by atoms with E-state index < -0.39 is 0 Å². The van der Waals surface area contributed by atoms with Crippen molar-refractivity contribution in [2.24, 2.45) is 11.8 Å². The van der Waals surface area contributed by atoms with Gasteiger partial charge in [0.1, 0.15) is 0 Å². The molecule has 2 aliphatic rings. The summed E-state index contributed by atoms with van der Waals surface area (Å²) in [5.41, 5.74) is 0. The maximum absolute atomic E-state index is 5.55. The van der Waals surface area contributed by atoms with E-state index in [1.54, 1.807) is 14.2 Å². The minimum absolute atomic E-state index is 0.308. The van der Waals surface area contributed by atoms with Crippen LogP contribution in [0.5, 0.6) is 0 Å². The SMILES string of the molecule is COC1CCC2CC(OC)(OC)CC2C1. The Bertz CT molecular complexity index is 213. The molecular formula is C12H22O3. The van der Waals surface area contributed by atoms with E-state index in [1.807, 2.05) is 7.11 Å². The van der Waals surface area contributed by atoms with Crippen molar-refractivity contribution >= 4 is 0 Å². The third-order valence-corrected chi connectivity index (χ3v) is 4.32. The van der Waals surface area contributed by atoms with E-state index in [4.69, 9.17) is 14.2 Å². The fourth-order valence-electron chi connectivity index (χ4n) is 3.32. The second-order valence-electron chi connectivity index (χ2n) is 4.92. The zero-order chi connectivity index (χ0) is 10.9. The molecule has 15 heavy (non-hydrogen) atoms. The highest BCUT2D eigenvalue weighted by Crippen LogP contribution is 2.49. The molecule has 2 saturated carbocycles. The Balaban J connectivity index is 2.00. The lowest BCUT2D eigenvalue weighted by Crippen LogP contribution is -2.30. The lowest BCUT2D eigenvalue weighted by Gasteiger charge is -2.30. The van der Waals surface area contributed by atoms with Gasteiger partial charge >= 0.3 is 0 Å². The Hall–Kier alpha value is -0.120. The largest absolute Gasteiger partial charge is 0.381 e. The van der Waals surface area contributed by atoms with E-state index in [0.29, 0.717) is 6.10 Å². The first-order valence-corrected chi connectivity index (χ1v) is 5.86. The van der Waals surface area contributed by atoms with Gasteiger partial charge in [0.2, 0.25) is 0 Å². The Morgan fingerprint density at radius 2 is 1.60 bits per heavy atom. The van der Waals surface area contributed by atoms with Crippen molar-refractivity contribution in [2.45, 2.75) is 44.0 Å². The van der Waals surface area contributed by atoms with E-state index in [1.165, 1.54) is 19.3 Å². The first-order valence-electron chi connectivity index (χ1n) is 5.86. The average molecular weight is 214 g/mol. The number of hydrogen-bond acceptors (Lipinski definition) is 3. The molecule has 3 nitrogen and oxygen atoms in total. The topological polar surface area (TPSA) is 27.7 Å². The highest BCUT2D eigenvalue weighted by atomic mass is 16.7. The Kier molecular flexibility index (Phi) is 3.33. The average Bonchev–Trinajstić information content (AvgIpc) is 2.67. The molecule has 2 rings (SSSR count). The minimum Gasteiger partial charge on any atom is -0.381 e. The highest BCUT2D eigenvalue weighted by Gasteiger charge is 2.48. The summed E-state index contributed by atoms with van der Waals surface area (Å²) < 4.78 is 16.5. The summed E-state index contributed by atoms with van der Waals surface area (Å²) in [6.07, 6.45) is 6.18. The molecule has 0 saturated heterocycles. The smallest absolute Gasteiger partial charge is 0.168 e. The lowest BCUT2D eigenvalue weighted by atomic mass is 9.80. The van der Waals surface area contributed by atoms with Gasteiger partial charge in [0.25, 0.3) is 0 Å². The predicted molar refractivity (Wildman–Crippen MR) is 57.6 cm³/mol. The monoisotopic (exact) mass is 214 g/mol. The zero-order valence-corrected chi connectivity index (χ0v) is 9.99. The van der Waals surface area contributed by atoms with Crippen molar-refractivity contribution in [3.8, 4) is 0 Å². The number of hydrogen-bond donors (Lipinski definition) is 0. The molecule has 3 unspecified atom stereocenters. The highest BCUT2D eigenvalue weighted by molar-refractivity contribution is 4.94. The third kappa shape index (κ3) is 2.05. The van der Waals surface area contributed by atoms with Crippen LogP contribution in [0.3, 0.4) is 0 Å². The van der Waals surface area contributed by atoms with E-state index in [0.717, 1.165) is 24.7 Å². The van der Waals surface area contributed by atoms with Gasteiger partial charge in [-0.3, -0.25) is 0 Å². The van der Waals surface area contributed by atoms with Crippen LogP contribution in [-0.2, 0) is 14.2 Å². The van der Waals surface area contributed by atoms with Crippen LogP contribution in [0.25, 0.3) is 0 Å². The van der Waals surface area contributed by atoms with E-state index in [9.17, 15) is 0 Å². The molecule has 0 N–H and O–H groups in total. The maximum atomic E-state index is 5.55. The number of ether oxygens (including phenoxy) is 3. The Morgan fingerprint density at radius 3 is 2.20 bits per heavy atom. The molecule has 0 aromatic heterocycles. The van der Waals surface area contributed by atoms with Gasteiger partial charge in [-0.25, -0.2) is 0 Å². The quantitative estimate of drug-likeness (QED) is 0.674. The van der Waals surface area contributed by atoms with Crippen molar-refractivity contribution in [1.29, 1.82) is 0 Å². The van der Waals surface area contributed by atoms with Crippen LogP contribution in [0.15, 0.2) is 0 Å². The molecule has 88 valence electrons. The molecular weight excluding hydrogens is 192 g/mol. The molecule has 0 radical (unpaired) electrons. The summed E-state index contributed by atoms with van der Waals surface area (Å²) in [7, 11) is 5.34. The van der Waals surface area contributed by atoms with E-state index in [2.05, 4.69) is 0 Å². The Morgan fingerprint density at radius 1 is 0.933 bits per heavy atom. The summed E-state index contributed by atoms with van der Waals surface area (Å²) in [6, 6.07) is 0. The van der Waals surface area contributed by atoms with Gasteiger partial charge in [0.05, 0.1) is 6.10 Å². The fourth-order valence-corrected chi connectivity index (χ4v) is 3.32. The lowest BCUT2D eigenvalue weighted by molar-refractivity contribution is -0.204. The van der Waals surface area contributed by atoms with Crippen LogP contribution in [0.2, 0.25) is 0 Å². The van der Waals surface area contributed by atoms with Gasteiger partial charge in [0, 0.05) is 34.2 Å². The van der Waals surface area contributed by atoms with E-state index in [-0.39, 0.29) is 5.79 Å². The van der Waals surface area contributed by atoms with Gasteiger partial charge in [-0.05, 0) is 31.1 Å². The van der Waals surface area contributed by atoms with Crippen LogP contribution in [0.1, 0.15) is 32.1 Å². The number of methoxy groups -OCH3 is 3. The van der Waals surface area contributed by atoms with Crippen molar-refractivity contribution < 1.29 is 14.2 Å². The van der Waals surface area contributed by atoms with Gasteiger partial charge in [0.15, 0.2) is 5.79 Å². The van der Waals surface area contributed by atoms with Crippen LogP contribution >= 0.6 is 0 Å².